The van der Waals surface area contributed by atoms with E-state index >= 15 is 0 Å². The van der Waals surface area contributed by atoms with E-state index in [1.807, 2.05) is 18.2 Å². The highest BCUT2D eigenvalue weighted by atomic mass is 35.5. The van der Waals surface area contributed by atoms with E-state index in [0.717, 1.165) is 5.56 Å². The highest BCUT2D eigenvalue weighted by Gasteiger charge is 2.28. The Kier molecular flexibility index (Phi) is 3.36. The minimum absolute atomic E-state index is 0.0510. The van der Waals surface area contributed by atoms with Crippen LogP contribution in [0.25, 0.3) is 0 Å². The summed E-state index contributed by atoms with van der Waals surface area (Å²) >= 11 is 5.98. The van der Waals surface area contributed by atoms with Crippen molar-refractivity contribution in [2.75, 3.05) is 7.11 Å². The van der Waals surface area contributed by atoms with Gasteiger partial charge in [0.1, 0.15) is 17.6 Å². The molecule has 1 atom stereocenters. The number of Topliss-reactive ketones (excluding diaryl/α,β-unsaturated/α-hetero) is 1. The molecule has 0 saturated carbocycles. The van der Waals surface area contributed by atoms with Crippen LogP contribution in [0.4, 0.5) is 0 Å². The highest BCUT2D eigenvalue weighted by molar-refractivity contribution is 6.30. The molecule has 0 aliphatic carbocycles. The Bertz CT molecular complexity index is 667. The number of carbonyl (C=O) groups excluding carboxylic acids is 1. The SMILES string of the molecule is COc1ccc2c(c1)C(=O)CC(c1cccc(Cl)c1)O2. The molecule has 0 radical (unpaired) electrons. The first kappa shape index (κ1) is 13.0. The molecular weight excluding hydrogens is 276 g/mol. The van der Waals surface area contributed by atoms with Gasteiger partial charge in [-0.05, 0) is 35.9 Å². The number of rotatable bonds is 2. The summed E-state index contributed by atoms with van der Waals surface area (Å²) in [6, 6.07) is 12.7. The molecule has 0 fully saturated rings. The normalized spacial score (nSPS) is 17.3. The third-order valence-corrected chi connectivity index (χ3v) is 3.58. The fourth-order valence-corrected chi connectivity index (χ4v) is 2.52. The van der Waals surface area contributed by atoms with Crippen LogP contribution >= 0.6 is 11.6 Å². The van der Waals surface area contributed by atoms with E-state index in [2.05, 4.69) is 0 Å². The van der Waals surface area contributed by atoms with Crippen molar-refractivity contribution >= 4 is 17.4 Å². The zero-order valence-corrected chi connectivity index (χ0v) is 11.7. The molecule has 102 valence electrons. The van der Waals surface area contributed by atoms with E-state index in [0.29, 0.717) is 28.5 Å². The predicted octanol–water partition coefficient (Wildman–Crippen LogP) is 4.06. The molecule has 1 aliphatic heterocycles. The summed E-state index contributed by atoms with van der Waals surface area (Å²) in [5.41, 5.74) is 1.48. The van der Waals surface area contributed by atoms with Gasteiger partial charge in [0, 0.05) is 5.02 Å². The van der Waals surface area contributed by atoms with Crippen LogP contribution < -0.4 is 9.47 Å². The third kappa shape index (κ3) is 2.37. The van der Waals surface area contributed by atoms with E-state index < -0.39 is 0 Å². The Morgan fingerprint density at radius 3 is 2.85 bits per heavy atom. The van der Waals surface area contributed by atoms with Crippen molar-refractivity contribution in [3.63, 3.8) is 0 Å². The number of carbonyl (C=O) groups is 1. The number of hydrogen-bond donors (Lipinski definition) is 0. The molecule has 0 aromatic heterocycles. The van der Waals surface area contributed by atoms with Gasteiger partial charge in [0.2, 0.25) is 0 Å². The van der Waals surface area contributed by atoms with Crippen molar-refractivity contribution in [1.29, 1.82) is 0 Å². The van der Waals surface area contributed by atoms with Gasteiger partial charge >= 0.3 is 0 Å². The number of halogens is 1. The van der Waals surface area contributed by atoms with E-state index in [9.17, 15) is 4.79 Å². The summed E-state index contributed by atoms with van der Waals surface area (Å²) in [6.45, 7) is 0. The first-order valence-corrected chi connectivity index (χ1v) is 6.68. The number of hydrogen-bond acceptors (Lipinski definition) is 3. The average molecular weight is 289 g/mol. The minimum atomic E-state index is -0.290. The second-order valence-corrected chi connectivity index (χ2v) is 5.09. The largest absolute Gasteiger partial charge is 0.497 e. The van der Waals surface area contributed by atoms with Gasteiger partial charge in [0.05, 0.1) is 19.1 Å². The van der Waals surface area contributed by atoms with Crippen LogP contribution in [0.1, 0.15) is 28.4 Å². The van der Waals surface area contributed by atoms with Gasteiger partial charge in [0.25, 0.3) is 0 Å². The molecule has 3 nitrogen and oxygen atoms in total. The van der Waals surface area contributed by atoms with Gasteiger partial charge < -0.3 is 9.47 Å². The van der Waals surface area contributed by atoms with Crippen molar-refractivity contribution in [2.24, 2.45) is 0 Å². The Balaban J connectivity index is 1.95. The standard InChI is InChI=1S/C16H13ClO3/c1-19-12-5-6-15-13(8-12)14(18)9-16(20-15)10-3-2-4-11(17)7-10/h2-8,16H,9H2,1H3. The lowest BCUT2D eigenvalue weighted by atomic mass is 9.96. The molecule has 4 heteroatoms. The second kappa shape index (κ2) is 5.17. The van der Waals surface area contributed by atoms with Crippen LogP contribution in [0.2, 0.25) is 5.02 Å². The first-order chi connectivity index (χ1) is 9.67. The summed E-state index contributed by atoms with van der Waals surface area (Å²) in [5, 5.41) is 0.638. The topological polar surface area (TPSA) is 35.5 Å². The second-order valence-electron chi connectivity index (χ2n) is 4.65. The lowest BCUT2D eigenvalue weighted by Gasteiger charge is -2.25. The van der Waals surface area contributed by atoms with Crippen LogP contribution in [0, 0.1) is 0 Å². The lowest BCUT2D eigenvalue weighted by Crippen LogP contribution is -2.20. The molecule has 3 rings (SSSR count). The summed E-state index contributed by atoms with van der Waals surface area (Å²) in [7, 11) is 1.57. The molecule has 1 heterocycles. The molecule has 0 saturated heterocycles. The molecule has 0 amide bonds. The van der Waals surface area contributed by atoms with Gasteiger partial charge in [-0.25, -0.2) is 0 Å². The summed E-state index contributed by atoms with van der Waals surface area (Å²) in [5.74, 6) is 1.30. The van der Waals surface area contributed by atoms with Crippen LogP contribution in [0.15, 0.2) is 42.5 Å². The molecular formula is C16H13ClO3. The molecule has 1 aliphatic rings. The Labute approximate surface area is 122 Å². The zero-order chi connectivity index (χ0) is 14.1. The van der Waals surface area contributed by atoms with Crippen LogP contribution in [-0.4, -0.2) is 12.9 Å². The maximum Gasteiger partial charge on any atom is 0.170 e. The Morgan fingerprint density at radius 1 is 1.25 bits per heavy atom. The van der Waals surface area contributed by atoms with Crippen LogP contribution in [-0.2, 0) is 0 Å². The molecule has 0 N–H and O–H groups in total. The van der Waals surface area contributed by atoms with Crippen LogP contribution in [0.5, 0.6) is 11.5 Å². The molecule has 0 bridgehead atoms. The smallest absolute Gasteiger partial charge is 0.170 e. The van der Waals surface area contributed by atoms with Crippen LogP contribution in [0.3, 0.4) is 0 Å². The van der Waals surface area contributed by atoms with Crippen molar-refractivity contribution in [1.82, 2.24) is 0 Å². The number of ether oxygens (including phenoxy) is 2. The van der Waals surface area contributed by atoms with E-state index in [1.165, 1.54) is 0 Å². The first-order valence-electron chi connectivity index (χ1n) is 6.31. The number of ketones is 1. The number of methoxy groups -OCH3 is 1. The number of benzene rings is 2. The average Bonchev–Trinajstić information content (AvgIpc) is 2.47. The molecule has 2 aromatic rings. The van der Waals surface area contributed by atoms with E-state index in [4.69, 9.17) is 21.1 Å². The molecule has 1 unspecified atom stereocenters. The van der Waals surface area contributed by atoms with E-state index in [-0.39, 0.29) is 11.9 Å². The lowest BCUT2D eigenvalue weighted by molar-refractivity contribution is 0.0849. The van der Waals surface area contributed by atoms with Crippen molar-refractivity contribution in [3.05, 3.63) is 58.6 Å². The third-order valence-electron chi connectivity index (χ3n) is 3.35. The fraction of sp³-hybridized carbons (Fsp3) is 0.188. The fourth-order valence-electron chi connectivity index (χ4n) is 2.32. The molecule has 2 aromatic carbocycles. The van der Waals surface area contributed by atoms with Crippen molar-refractivity contribution in [2.45, 2.75) is 12.5 Å². The van der Waals surface area contributed by atoms with Crippen molar-refractivity contribution < 1.29 is 14.3 Å². The maximum atomic E-state index is 12.3. The quantitative estimate of drug-likeness (QED) is 0.836. The van der Waals surface area contributed by atoms with Crippen molar-refractivity contribution in [3.8, 4) is 11.5 Å². The maximum absolute atomic E-state index is 12.3. The van der Waals surface area contributed by atoms with Gasteiger partial charge in [-0.3, -0.25) is 4.79 Å². The van der Waals surface area contributed by atoms with Gasteiger partial charge in [-0.1, -0.05) is 23.7 Å². The molecule has 0 spiro atoms. The monoisotopic (exact) mass is 288 g/mol. The van der Waals surface area contributed by atoms with Gasteiger partial charge in [-0.2, -0.15) is 0 Å². The van der Waals surface area contributed by atoms with E-state index in [1.54, 1.807) is 31.4 Å². The summed E-state index contributed by atoms with van der Waals surface area (Å²) in [4.78, 5) is 12.3. The summed E-state index contributed by atoms with van der Waals surface area (Å²) < 4.78 is 11.0. The zero-order valence-electron chi connectivity index (χ0n) is 10.9. The van der Waals surface area contributed by atoms with Gasteiger partial charge in [0.15, 0.2) is 5.78 Å². The predicted molar refractivity (Wildman–Crippen MR) is 76.8 cm³/mol. The molecule has 20 heavy (non-hydrogen) atoms. The van der Waals surface area contributed by atoms with Gasteiger partial charge in [-0.15, -0.1) is 0 Å². The summed E-state index contributed by atoms with van der Waals surface area (Å²) in [6.07, 6.45) is 0.0163. The Hall–Kier alpha value is -2.00. The minimum Gasteiger partial charge on any atom is -0.497 e. The number of fused-ring (bicyclic) bond motifs is 1. The highest BCUT2D eigenvalue weighted by Crippen LogP contribution is 2.37. The Morgan fingerprint density at radius 2 is 2.10 bits per heavy atom.